The van der Waals surface area contributed by atoms with Crippen LogP contribution in [0.1, 0.15) is 23.3 Å². The van der Waals surface area contributed by atoms with Gasteiger partial charge in [0.2, 0.25) is 0 Å². The average molecular weight is 429 g/mol. The first-order valence-electron chi connectivity index (χ1n) is 10.6. The fraction of sp³-hybridized carbons (Fsp3) is 0.261. The SMILES string of the molecule is Nc1cncc(-c2ccc3[nH]nc(C(=O)NC4C=CC(C(=O)N5CCCC5)=NC4)c3c2)c1. The fourth-order valence-electron chi connectivity index (χ4n) is 4.05. The Labute approximate surface area is 184 Å². The van der Waals surface area contributed by atoms with Gasteiger partial charge in [-0.3, -0.25) is 24.7 Å². The van der Waals surface area contributed by atoms with Gasteiger partial charge in [-0.05, 0) is 42.7 Å². The number of rotatable bonds is 4. The maximum atomic E-state index is 12.9. The first-order chi connectivity index (χ1) is 15.6. The quantitative estimate of drug-likeness (QED) is 0.584. The lowest BCUT2D eigenvalue weighted by Crippen LogP contribution is -2.40. The number of carbonyl (C=O) groups excluding carboxylic acids is 2. The minimum absolute atomic E-state index is 0.0367. The highest BCUT2D eigenvalue weighted by Gasteiger charge is 2.24. The van der Waals surface area contributed by atoms with Crippen molar-refractivity contribution in [2.45, 2.75) is 18.9 Å². The lowest BCUT2D eigenvalue weighted by molar-refractivity contribution is -0.123. The maximum absolute atomic E-state index is 12.9. The molecule has 2 amide bonds. The van der Waals surface area contributed by atoms with Gasteiger partial charge in [0.25, 0.3) is 11.8 Å². The van der Waals surface area contributed by atoms with Crippen LogP contribution in [0.5, 0.6) is 0 Å². The zero-order chi connectivity index (χ0) is 22.1. The van der Waals surface area contributed by atoms with Crippen molar-refractivity contribution in [2.24, 2.45) is 4.99 Å². The zero-order valence-corrected chi connectivity index (χ0v) is 17.4. The second-order valence-electron chi connectivity index (χ2n) is 8.00. The third-order valence-electron chi connectivity index (χ3n) is 5.74. The van der Waals surface area contributed by atoms with E-state index in [1.54, 1.807) is 18.5 Å². The number of hydrogen-bond acceptors (Lipinski definition) is 6. The third-order valence-corrected chi connectivity index (χ3v) is 5.74. The summed E-state index contributed by atoms with van der Waals surface area (Å²) in [7, 11) is 0. The number of nitrogens with zero attached hydrogens (tertiary/aromatic N) is 4. The van der Waals surface area contributed by atoms with Gasteiger partial charge < -0.3 is 16.0 Å². The van der Waals surface area contributed by atoms with Crippen molar-refractivity contribution in [1.82, 2.24) is 25.4 Å². The van der Waals surface area contributed by atoms with Gasteiger partial charge in [0.05, 0.1) is 23.8 Å². The molecule has 1 fully saturated rings. The second kappa shape index (κ2) is 8.26. The third kappa shape index (κ3) is 3.84. The van der Waals surface area contributed by atoms with Crippen molar-refractivity contribution < 1.29 is 9.59 Å². The Morgan fingerprint density at radius 2 is 1.97 bits per heavy atom. The molecular weight excluding hydrogens is 406 g/mol. The number of fused-ring (bicyclic) bond motifs is 1. The van der Waals surface area contributed by atoms with Crippen LogP contribution in [0.25, 0.3) is 22.0 Å². The summed E-state index contributed by atoms with van der Waals surface area (Å²) in [5, 5.41) is 10.8. The molecular formula is C23H23N7O2. The number of aromatic amines is 1. The van der Waals surface area contributed by atoms with E-state index in [0.717, 1.165) is 42.6 Å². The molecule has 0 aliphatic carbocycles. The van der Waals surface area contributed by atoms with Crippen molar-refractivity contribution in [2.75, 3.05) is 25.4 Å². The molecule has 5 rings (SSSR count). The van der Waals surface area contributed by atoms with Gasteiger partial charge in [0.1, 0.15) is 5.71 Å². The van der Waals surface area contributed by atoms with Crippen molar-refractivity contribution in [3.63, 3.8) is 0 Å². The number of dihydropyridines is 1. The van der Waals surface area contributed by atoms with Gasteiger partial charge in [-0.1, -0.05) is 12.1 Å². The molecule has 0 saturated carbocycles. The summed E-state index contributed by atoms with van der Waals surface area (Å²) in [6, 6.07) is 7.23. The number of anilines is 1. The molecule has 4 heterocycles. The number of carbonyl (C=O) groups is 2. The number of pyridine rings is 1. The van der Waals surface area contributed by atoms with E-state index >= 15 is 0 Å². The molecule has 2 aromatic heterocycles. The molecule has 4 N–H and O–H groups in total. The van der Waals surface area contributed by atoms with Crippen LogP contribution >= 0.6 is 0 Å². The summed E-state index contributed by atoms with van der Waals surface area (Å²) in [5.74, 6) is -0.344. The van der Waals surface area contributed by atoms with E-state index < -0.39 is 0 Å². The van der Waals surface area contributed by atoms with E-state index in [-0.39, 0.29) is 17.9 Å². The molecule has 1 saturated heterocycles. The van der Waals surface area contributed by atoms with Crippen LogP contribution < -0.4 is 11.1 Å². The number of hydrogen-bond donors (Lipinski definition) is 3. The number of aliphatic imine (C=N–C) groups is 1. The first kappa shape index (κ1) is 19.9. The Morgan fingerprint density at radius 3 is 2.72 bits per heavy atom. The predicted molar refractivity (Wildman–Crippen MR) is 122 cm³/mol. The molecule has 3 aromatic rings. The van der Waals surface area contributed by atoms with Gasteiger partial charge in [-0.2, -0.15) is 5.10 Å². The van der Waals surface area contributed by atoms with E-state index in [1.807, 2.05) is 35.2 Å². The monoisotopic (exact) mass is 429 g/mol. The van der Waals surface area contributed by atoms with Gasteiger partial charge in [-0.15, -0.1) is 0 Å². The number of benzene rings is 1. The fourth-order valence-corrected chi connectivity index (χ4v) is 4.05. The van der Waals surface area contributed by atoms with Gasteiger partial charge >= 0.3 is 0 Å². The van der Waals surface area contributed by atoms with Gasteiger partial charge in [0.15, 0.2) is 5.69 Å². The maximum Gasteiger partial charge on any atom is 0.272 e. The van der Waals surface area contributed by atoms with E-state index in [9.17, 15) is 9.59 Å². The number of H-pyrrole nitrogens is 1. The van der Waals surface area contributed by atoms with Crippen LogP contribution in [0, 0.1) is 0 Å². The highest BCUT2D eigenvalue weighted by molar-refractivity contribution is 6.43. The smallest absolute Gasteiger partial charge is 0.272 e. The largest absolute Gasteiger partial charge is 0.397 e. The molecule has 9 heteroatoms. The van der Waals surface area contributed by atoms with Crippen LogP contribution in [-0.4, -0.2) is 63.3 Å². The van der Waals surface area contributed by atoms with Crippen LogP contribution in [0.2, 0.25) is 0 Å². The highest BCUT2D eigenvalue weighted by Crippen LogP contribution is 2.26. The second-order valence-corrected chi connectivity index (χ2v) is 8.00. The van der Waals surface area contributed by atoms with Crippen molar-refractivity contribution in [3.05, 3.63) is 54.5 Å². The summed E-state index contributed by atoms with van der Waals surface area (Å²) in [6.07, 6.45) is 8.89. The molecule has 0 spiro atoms. The van der Waals surface area contributed by atoms with Gasteiger partial charge in [-0.25, -0.2) is 0 Å². The van der Waals surface area contributed by atoms with E-state index in [1.165, 1.54) is 0 Å². The molecule has 2 aliphatic heterocycles. The number of nitrogens with two attached hydrogens (primary N) is 1. The van der Waals surface area contributed by atoms with E-state index in [4.69, 9.17) is 5.73 Å². The average Bonchev–Trinajstić information content (AvgIpc) is 3.49. The number of nitrogen functional groups attached to an aromatic ring is 1. The molecule has 1 atom stereocenters. The summed E-state index contributed by atoms with van der Waals surface area (Å²) >= 11 is 0. The van der Waals surface area contributed by atoms with Crippen molar-refractivity contribution in [1.29, 1.82) is 0 Å². The Balaban J connectivity index is 1.31. The minimum atomic E-state index is -0.307. The Kier molecular flexibility index (Phi) is 5.14. The Bertz CT molecular complexity index is 1250. The molecule has 162 valence electrons. The van der Waals surface area contributed by atoms with E-state index in [0.29, 0.717) is 29.0 Å². The standard InChI is InChI=1S/C23H23N7O2/c24-16-9-15(11-25-12-16)14-3-5-19-18(10-14)21(29-28-19)22(31)27-17-4-6-20(26-13-17)23(32)30-7-1-2-8-30/h3-6,9-12,17H,1-2,7-8,13,24H2,(H,27,31)(H,28,29). The predicted octanol–water partition coefficient (Wildman–Crippen LogP) is 1.94. The molecule has 32 heavy (non-hydrogen) atoms. The molecule has 1 aromatic carbocycles. The molecule has 0 radical (unpaired) electrons. The zero-order valence-electron chi connectivity index (χ0n) is 17.4. The van der Waals surface area contributed by atoms with Crippen LogP contribution in [-0.2, 0) is 4.79 Å². The van der Waals surface area contributed by atoms with Crippen LogP contribution in [0.15, 0.2) is 53.8 Å². The van der Waals surface area contributed by atoms with E-state index in [2.05, 4.69) is 25.5 Å². The summed E-state index contributed by atoms with van der Waals surface area (Å²) in [5.41, 5.74) is 9.67. The number of aromatic nitrogens is 3. The first-order valence-corrected chi connectivity index (χ1v) is 10.6. The Hall–Kier alpha value is -4.01. The number of nitrogens with one attached hydrogen (secondary N) is 2. The number of likely N-dealkylation sites (tertiary alicyclic amines) is 1. The molecule has 9 nitrogen and oxygen atoms in total. The highest BCUT2D eigenvalue weighted by atomic mass is 16.2. The van der Waals surface area contributed by atoms with Crippen molar-refractivity contribution in [3.8, 4) is 11.1 Å². The molecule has 1 unspecified atom stereocenters. The molecule has 0 bridgehead atoms. The normalized spacial score (nSPS) is 18.1. The number of amides is 2. The summed E-state index contributed by atoms with van der Waals surface area (Å²) in [6.45, 7) is 1.89. The Morgan fingerprint density at radius 1 is 1.12 bits per heavy atom. The van der Waals surface area contributed by atoms with Crippen LogP contribution in [0.3, 0.4) is 0 Å². The lowest BCUT2D eigenvalue weighted by Gasteiger charge is -2.20. The van der Waals surface area contributed by atoms with Crippen molar-refractivity contribution >= 4 is 34.1 Å². The summed E-state index contributed by atoms with van der Waals surface area (Å²) in [4.78, 5) is 35.7. The summed E-state index contributed by atoms with van der Waals surface area (Å²) < 4.78 is 0. The lowest BCUT2D eigenvalue weighted by atomic mass is 10.0. The topological polar surface area (TPSA) is 129 Å². The van der Waals surface area contributed by atoms with Gasteiger partial charge in [0, 0.05) is 36.4 Å². The minimum Gasteiger partial charge on any atom is -0.397 e. The molecule has 2 aliphatic rings. The van der Waals surface area contributed by atoms with Crippen LogP contribution in [0.4, 0.5) is 5.69 Å².